The van der Waals surface area contributed by atoms with Crippen LogP contribution in [0.1, 0.15) is 0 Å². The van der Waals surface area contributed by atoms with E-state index >= 15 is 0 Å². The molecule has 1 atom stereocenters. The van der Waals surface area contributed by atoms with E-state index in [0.29, 0.717) is 0 Å². The van der Waals surface area contributed by atoms with E-state index in [1.165, 1.54) is 12.1 Å². The van der Waals surface area contributed by atoms with Crippen molar-refractivity contribution < 1.29 is 9.50 Å². The second-order valence-corrected chi connectivity index (χ2v) is 4.24. The quantitative estimate of drug-likeness (QED) is 0.810. The van der Waals surface area contributed by atoms with Gasteiger partial charge in [-0.25, -0.2) is 4.39 Å². The number of hydrogen-bond donors (Lipinski definition) is 1. The van der Waals surface area contributed by atoms with Crippen LogP contribution < -0.4 is 4.90 Å². The van der Waals surface area contributed by atoms with Crippen LogP contribution in [0.15, 0.2) is 24.3 Å². The Morgan fingerprint density at radius 3 is 2.62 bits per heavy atom. The van der Waals surface area contributed by atoms with E-state index in [2.05, 4.69) is 9.80 Å². The maximum absolute atomic E-state index is 12.8. The topological polar surface area (TPSA) is 26.7 Å². The molecule has 1 aliphatic heterocycles. The molecule has 1 aliphatic rings. The Hall–Kier alpha value is -1.13. The second kappa shape index (κ2) is 4.80. The summed E-state index contributed by atoms with van der Waals surface area (Å²) in [7, 11) is 2.02. The minimum absolute atomic E-state index is 0.161. The maximum atomic E-state index is 12.8. The molecule has 3 nitrogen and oxygen atoms in total. The third kappa shape index (κ3) is 2.33. The van der Waals surface area contributed by atoms with Crippen molar-refractivity contribution in [3.05, 3.63) is 30.1 Å². The van der Waals surface area contributed by atoms with Gasteiger partial charge in [-0.05, 0) is 31.3 Å². The molecule has 1 unspecified atom stereocenters. The highest BCUT2D eigenvalue weighted by molar-refractivity contribution is 5.46. The van der Waals surface area contributed by atoms with E-state index in [1.807, 2.05) is 7.05 Å². The standard InChI is InChI=1S/C12H17FN2O/c1-14-6-7-15(8-12(14)9-16)11-4-2-10(13)3-5-11/h2-5,12,16H,6-9H2,1H3. The molecule has 0 saturated carbocycles. The number of benzene rings is 1. The van der Waals surface area contributed by atoms with Crippen molar-refractivity contribution in [2.24, 2.45) is 0 Å². The molecule has 16 heavy (non-hydrogen) atoms. The van der Waals surface area contributed by atoms with Crippen molar-refractivity contribution in [2.45, 2.75) is 6.04 Å². The fraction of sp³-hybridized carbons (Fsp3) is 0.500. The van der Waals surface area contributed by atoms with Gasteiger partial charge in [0.2, 0.25) is 0 Å². The summed E-state index contributed by atoms with van der Waals surface area (Å²) in [5, 5.41) is 9.24. The zero-order valence-electron chi connectivity index (χ0n) is 9.43. The number of rotatable bonds is 2. The van der Waals surface area contributed by atoms with Gasteiger partial charge in [0.1, 0.15) is 5.82 Å². The van der Waals surface area contributed by atoms with Gasteiger partial charge in [-0.1, -0.05) is 0 Å². The molecule has 1 fully saturated rings. The van der Waals surface area contributed by atoms with E-state index in [9.17, 15) is 9.50 Å². The summed E-state index contributed by atoms with van der Waals surface area (Å²) in [6, 6.07) is 6.69. The second-order valence-electron chi connectivity index (χ2n) is 4.24. The van der Waals surface area contributed by atoms with Crippen LogP contribution >= 0.6 is 0 Å². The Morgan fingerprint density at radius 2 is 2.00 bits per heavy atom. The molecular weight excluding hydrogens is 207 g/mol. The van der Waals surface area contributed by atoms with Crippen LogP contribution in [-0.2, 0) is 0 Å². The first kappa shape index (κ1) is 11.4. The number of likely N-dealkylation sites (N-methyl/N-ethyl adjacent to an activating group) is 1. The molecule has 1 N–H and O–H groups in total. The molecule has 88 valence electrons. The van der Waals surface area contributed by atoms with Crippen molar-refractivity contribution in [3.63, 3.8) is 0 Å². The van der Waals surface area contributed by atoms with Crippen LogP contribution in [0, 0.1) is 5.82 Å². The zero-order chi connectivity index (χ0) is 11.5. The van der Waals surface area contributed by atoms with E-state index in [-0.39, 0.29) is 18.5 Å². The minimum Gasteiger partial charge on any atom is -0.395 e. The molecule has 4 heteroatoms. The van der Waals surface area contributed by atoms with Crippen molar-refractivity contribution in [2.75, 3.05) is 38.2 Å². The van der Waals surface area contributed by atoms with Gasteiger partial charge < -0.3 is 10.0 Å². The molecule has 1 heterocycles. The van der Waals surface area contributed by atoms with Gasteiger partial charge in [0, 0.05) is 25.3 Å². The van der Waals surface area contributed by atoms with Crippen LogP contribution in [0.2, 0.25) is 0 Å². The molecule has 0 aliphatic carbocycles. The lowest BCUT2D eigenvalue weighted by atomic mass is 10.1. The number of hydrogen-bond acceptors (Lipinski definition) is 3. The van der Waals surface area contributed by atoms with E-state index in [1.54, 1.807) is 12.1 Å². The largest absolute Gasteiger partial charge is 0.395 e. The molecule has 0 amide bonds. The zero-order valence-corrected chi connectivity index (χ0v) is 9.43. The van der Waals surface area contributed by atoms with Crippen LogP contribution in [0.3, 0.4) is 0 Å². The molecule has 0 radical (unpaired) electrons. The third-order valence-corrected chi connectivity index (χ3v) is 3.18. The smallest absolute Gasteiger partial charge is 0.123 e. The molecule has 1 saturated heterocycles. The summed E-state index contributed by atoms with van der Waals surface area (Å²) < 4.78 is 12.8. The molecule has 1 aromatic carbocycles. The molecule has 0 aromatic heterocycles. The molecular formula is C12H17FN2O. The average Bonchev–Trinajstić information content (AvgIpc) is 2.31. The first-order valence-electron chi connectivity index (χ1n) is 5.52. The number of aliphatic hydroxyl groups is 1. The van der Waals surface area contributed by atoms with Gasteiger partial charge in [-0.15, -0.1) is 0 Å². The molecule has 1 aromatic rings. The Balaban J connectivity index is 2.08. The Labute approximate surface area is 95.1 Å². The summed E-state index contributed by atoms with van der Waals surface area (Å²) >= 11 is 0. The monoisotopic (exact) mass is 224 g/mol. The van der Waals surface area contributed by atoms with Crippen LogP contribution in [-0.4, -0.2) is 49.3 Å². The SMILES string of the molecule is CN1CCN(c2ccc(F)cc2)CC1CO. The van der Waals surface area contributed by atoms with Gasteiger partial charge >= 0.3 is 0 Å². The van der Waals surface area contributed by atoms with Crippen molar-refractivity contribution in [3.8, 4) is 0 Å². The van der Waals surface area contributed by atoms with Crippen molar-refractivity contribution >= 4 is 5.69 Å². The summed E-state index contributed by atoms with van der Waals surface area (Å²) in [5.74, 6) is -0.211. The van der Waals surface area contributed by atoms with Crippen molar-refractivity contribution in [1.29, 1.82) is 0 Å². The van der Waals surface area contributed by atoms with Gasteiger partial charge in [0.05, 0.1) is 12.6 Å². The normalized spacial score (nSPS) is 22.4. The van der Waals surface area contributed by atoms with Gasteiger partial charge in [0.15, 0.2) is 0 Å². The number of nitrogens with zero attached hydrogens (tertiary/aromatic N) is 2. The summed E-state index contributed by atoms with van der Waals surface area (Å²) in [5.41, 5.74) is 1.02. The molecule has 0 bridgehead atoms. The number of anilines is 1. The minimum atomic E-state index is -0.211. The predicted molar refractivity (Wildman–Crippen MR) is 62.1 cm³/mol. The lowest BCUT2D eigenvalue weighted by Crippen LogP contribution is -2.53. The molecule has 0 spiro atoms. The highest BCUT2D eigenvalue weighted by Crippen LogP contribution is 2.18. The van der Waals surface area contributed by atoms with Crippen LogP contribution in [0.25, 0.3) is 0 Å². The first-order chi connectivity index (χ1) is 7.70. The summed E-state index contributed by atoms with van der Waals surface area (Å²) in [6.07, 6.45) is 0. The first-order valence-corrected chi connectivity index (χ1v) is 5.52. The van der Waals surface area contributed by atoms with E-state index < -0.39 is 0 Å². The van der Waals surface area contributed by atoms with Crippen molar-refractivity contribution in [1.82, 2.24) is 4.90 Å². The Bertz CT molecular complexity index is 341. The van der Waals surface area contributed by atoms with E-state index in [4.69, 9.17) is 0 Å². The number of halogens is 1. The number of aliphatic hydroxyl groups excluding tert-OH is 1. The lowest BCUT2D eigenvalue weighted by molar-refractivity contribution is 0.135. The fourth-order valence-corrected chi connectivity index (χ4v) is 2.03. The van der Waals surface area contributed by atoms with E-state index in [0.717, 1.165) is 25.3 Å². The highest BCUT2D eigenvalue weighted by Gasteiger charge is 2.23. The number of piperazine rings is 1. The maximum Gasteiger partial charge on any atom is 0.123 e. The van der Waals surface area contributed by atoms with Crippen LogP contribution in [0.5, 0.6) is 0 Å². The lowest BCUT2D eigenvalue weighted by Gasteiger charge is -2.39. The molecule has 2 rings (SSSR count). The van der Waals surface area contributed by atoms with Gasteiger partial charge in [-0.2, -0.15) is 0 Å². The fourth-order valence-electron chi connectivity index (χ4n) is 2.03. The van der Waals surface area contributed by atoms with Gasteiger partial charge in [0.25, 0.3) is 0 Å². The predicted octanol–water partition coefficient (Wildman–Crippen LogP) is 0.938. The Kier molecular flexibility index (Phi) is 3.41. The highest BCUT2D eigenvalue weighted by atomic mass is 19.1. The summed E-state index contributed by atoms with van der Waals surface area (Å²) in [4.78, 5) is 4.33. The summed E-state index contributed by atoms with van der Waals surface area (Å²) in [6.45, 7) is 2.79. The van der Waals surface area contributed by atoms with Gasteiger partial charge in [-0.3, -0.25) is 4.90 Å². The van der Waals surface area contributed by atoms with Crippen LogP contribution in [0.4, 0.5) is 10.1 Å². The average molecular weight is 224 g/mol. The third-order valence-electron chi connectivity index (χ3n) is 3.18. The Morgan fingerprint density at radius 1 is 1.31 bits per heavy atom.